The number of nitrogens with zero attached hydrogens (tertiary/aromatic N) is 1. The molecule has 2 heterocycles. The molecule has 0 saturated heterocycles. The van der Waals surface area contributed by atoms with E-state index in [0.29, 0.717) is 11.6 Å². The number of hydrogen-bond acceptors (Lipinski definition) is 5. The Kier molecular flexibility index (Phi) is 2.68. The zero-order chi connectivity index (χ0) is 12.5. The third-order valence-corrected chi connectivity index (χ3v) is 2.90. The summed E-state index contributed by atoms with van der Waals surface area (Å²) in [6, 6.07) is 5.67. The molecule has 18 heavy (non-hydrogen) atoms. The predicted octanol–water partition coefficient (Wildman–Crippen LogP) is 1.89. The highest BCUT2D eigenvalue weighted by molar-refractivity contribution is 5.85. The predicted molar refractivity (Wildman–Crippen MR) is 68.0 cm³/mol. The molecule has 5 heteroatoms. The van der Waals surface area contributed by atoms with Gasteiger partial charge in [-0.2, -0.15) is 0 Å². The van der Waals surface area contributed by atoms with Crippen molar-refractivity contribution in [2.45, 2.75) is 13.5 Å². The van der Waals surface area contributed by atoms with Gasteiger partial charge in [0.2, 0.25) is 6.79 Å². The maximum Gasteiger partial charge on any atom is 0.231 e. The Morgan fingerprint density at radius 3 is 2.78 bits per heavy atom. The quantitative estimate of drug-likeness (QED) is 0.865. The monoisotopic (exact) mass is 246 g/mol. The number of anilines is 1. The maximum absolute atomic E-state index is 9.36. The van der Waals surface area contributed by atoms with Crippen molar-refractivity contribution in [1.29, 1.82) is 0 Å². The maximum atomic E-state index is 9.36. The molecule has 3 rings (SSSR count). The summed E-state index contributed by atoms with van der Waals surface area (Å²) >= 11 is 0. The SMILES string of the molecule is CCNc1nc2cc3c(cc2cc1CO)OCO3. The number of aliphatic hydroxyl groups excluding tert-OH is 1. The molecule has 0 radical (unpaired) electrons. The Hall–Kier alpha value is -2.01. The van der Waals surface area contributed by atoms with Crippen molar-refractivity contribution in [2.75, 3.05) is 18.7 Å². The molecule has 1 aliphatic rings. The van der Waals surface area contributed by atoms with Crippen LogP contribution in [0.1, 0.15) is 12.5 Å². The van der Waals surface area contributed by atoms with Gasteiger partial charge in [0.25, 0.3) is 0 Å². The summed E-state index contributed by atoms with van der Waals surface area (Å²) in [5.74, 6) is 2.16. The van der Waals surface area contributed by atoms with Gasteiger partial charge < -0.3 is 19.9 Å². The highest BCUT2D eigenvalue weighted by Crippen LogP contribution is 2.36. The second-order valence-electron chi connectivity index (χ2n) is 4.08. The molecule has 2 N–H and O–H groups in total. The topological polar surface area (TPSA) is 63.6 Å². The zero-order valence-electron chi connectivity index (χ0n) is 10.1. The third-order valence-electron chi connectivity index (χ3n) is 2.90. The molecule has 0 amide bonds. The van der Waals surface area contributed by atoms with Crippen LogP contribution in [0.5, 0.6) is 11.5 Å². The van der Waals surface area contributed by atoms with Crippen LogP contribution in [0.25, 0.3) is 10.9 Å². The normalized spacial score (nSPS) is 13.0. The lowest BCUT2D eigenvalue weighted by atomic mass is 10.1. The number of fused-ring (bicyclic) bond motifs is 2. The first kappa shape index (κ1) is 11.1. The van der Waals surface area contributed by atoms with Crippen molar-refractivity contribution in [3.63, 3.8) is 0 Å². The van der Waals surface area contributed by atoms with Crippen LogP contribution >= 0.6 is 0 Å². The number of pyridine rings is 1. The van der Waals surface area contributed by atoms with Crippen molar-refractivity contribution in [2.24, 2.45) is 0 Å². The van der Waals surface area contributed by atoms with Crippen molar-refractivity contribution in [3.05, 3.63) is 23.8 Å². The van der Waals surface area contributed by atoms with Gasteiger partial charge >= 0.3 is 0 Å². The van der Waals surface area contributed by atoms with Gasteiger partial charge in [0.05, 0.1) is 12.1 Å². The number of nitrogens with one attached hydrogen (secondary N) is 1. The molecule has 0 unspecified atom stereocenters. The summed E-state index contributed by atoms with van der Waals surface area (Å²) in [5, 5.41) is 13.4. The molecule has 1 aliphatic heterocycles. The molecule has 5 nitrogen and oxygen atoms in total. The van der Waals surface area contributed by atoms with Crippen LogP contribution in [-0.4, -0.2) is 23.4 Å². The summed E-state index contributed by atoms with van der Waals surface area (Å²) in [6.45, 7) is 2.96. The molecule has 1 aromatic heterocycles. The molecule has 0 spiro atoms. The van der Waals surface area contributed by atoms with E-state index >= 15 is 0 Å². The Bertz CT molecular complexity index is 598. The van der Waals surface area contributed by atoms with Gasteiger partial charge in [0, 0.05) is 23.6 Å². The van der Waals surface area contributed by atoms with Gasteiger partial charge in [-0.05, 0) is 19.1 Å². The number of rotatable bonds is 3. The van der Waals surface area contributed by atoms with Gasteiger partial charge in [0.15, 0.2) is 11.5 Å². The fourth-order valence-electron chi connectivity index (χ4n) is 2.05. The highest BCUT2D eigenvalue weighted by atomic mass is 16.7. The Morgan fingerprint density at radius 2 is 2.06 bits per heavy atom. The first-order valence-corrected chi connectivity index (χ1v) is 5.90. The Balaban J connectivity index is 2.18. The van der Waals surface area contributed by atoms with E-state index in [-0.39, 0.29) is 13.4 Å². The van der Waals surface area contributed by atoms with Gasteiger partial charge in [-0.3, -0.25) is 0 Å². The summed E-state index contributed by atoms with van der Waals surface area (Å²) < 4.78 is 10.7. The molecule has 0 atom stereocenters. The fourth-order valence-corrected chi connectivity index (χ4v) is 2.05. The molecule has 1 aromatic carbocycles. The first-order chi connectivity index (χ1) is 8.81. The second kappa shape index (κ2) is 4.34. The smallest absolute Gasteiger partial charge is 0.231 e. The van der Waals surface area contributed by atoms with E-state index in [1.54, 1.807) is 0 Å². The van der Waals surface area contributed by atoms with E-state index in [4.69, 9.17) is 9.47 Å². The summed E-state index contributed by atoms with van der Waals surface area (Å²) in [4.78, 5) is 4.51. The average Bonchev–Trinajstić information content (AvgIpc) is 2.82. The Morgan fingerprint density at radius 1 is 1.28 bits per heavy atom. The number of aromatic nitrogens is 1. The molecule has 2 aromatic rings. The van der Waals surface area contributed by atoms with E-state index in [2.05, 4.69) is 10.3 Å². The van der Waals surface area contributed by atoms with E-state index in [9.17, 15) is 5.11 Å². The van der Waals surface area contributed by atoms with Crippen LogP contribution in [-0.2, 0) is 6.61 Å². The molecular formula is C13H14N2O3. The number of benzene rings is 1. The van der Waals surface area contributed by atoms with Crippen molar-refractivity contribution in [3.8, 4) is 11.5 Å². The molecule has 94 valence electrons. The fraction of sp³-hybridized carbons (Fsp3) is 0.308. The van der Waals surface area contributed by atoms with Crippen LogP contribution < -0.4 is 14.8 Å². The number of aliphatic hydroxyl groups is 1. The minimum absolute atomic E-state index is 0.0419. The van der Waals surface area contributed by atoms with Crippen LogP contribution in [0.4, 0.5) is 5.82 Å². The standard InChI is InChI=1S/C13H14N2O3/c1-2-14-13-9(6-16)3-8-4-11-12(18-7-17-11)5-10(8)15-13/h3-5,16H,2,6-7H2,1H3,(H,14,15). The second-order valence-corrected chi connectivity index (χ2v) is 4.08. The summed E-state index contributed by atoms with van der Waals surface area (Å²) in [7, 11) is 0. The van der Waals surface area contributed by atoms with E-state index in [1.165, 1.54) is 0 Å². The van der Waals surface area contributed by atoms with Gasteiger partial charge in [0.1, 0.15) is 5.82 Å². The molecule has 0 fully saturated rings. The largest absolute Gasteiger partial charge is 0.454 e. The molecule has 0 aliphatic carbocycles. The van der Waals surface area contributed by atoms with Crippen molar-refractivity contribution in [1.82, 2.24) is 4.98 Å². The third kappa shape index (κ3) is 1.73. The van der Waals surface area contributed by atoms with Gasteiger partial charge in [-0.25, -0.2) is 4.98 Å². The zero-order valence-corrected chi connectivity index (χ0v) is 10.1. The van der Waals surface area contributed by atoms with Gasteiger partial charge in [-0.15, -0.1) is 0 Å². The number of hydrogen-bond donors (Lipinski definition) is 2. The molecule has 0 saturated carbocycles. The lowest BCUT2D eigenvalue weighted by molar-refractivity contribution is 0.174. The van der Waals surface area contributed by atoms with Crippen molar-refractivity contribution < 1.29 is 14.6 Å². The summed E-state index contributed by atoms with van der Waals surface area (Å²) in [6.07, 6.45) is 0. The summed E-state index contributed by atoms with van der Waals surface area (Å²) in [5.41, 5.74) is 1.61. The first-order valence-electron chi connectivity index (χ1n) is 5.90. The molecular weight excluding hydrogens is 232 g/mol. The van der Waals surface area contributed by atoms with Crippen LogP contribution in [0.15, 0.2) is 18.2 Å². The molecule has 0 bridgehead atoms. The van der Waals surface area contributed by atoms with Crippen LogP contribution in [0, 0.1) is 0 Å². The van der Waals surface area contributed by atoms with Crippen LogP contribution in [0.2, 0.25) is 0 Å². The lowest BCUT2D eigenvalue weighted by Crippen LogP contribution is -2.03. The van der Waals surface area contributed by atoms with Crippen LogP contribution in [0.3, 0.4) is 0 Å². The minimum Gasteiger partial charge on any atom is -0.454 e. The van der Waals surface area contributed by atoms with Crippen molar-refractivity contribution >= 4 is 16.7 Å². The van der Waals surface area contributed by atoms with E-state index < -0.39 is 0 Å². The van der Waals surface area contributed by atoms with Gasteiger partial charge in [-0.1, -0.05) is 0 Å². The lowest BCUT2D eigenvalue weighted by Gasteiger charge is -2.10. The van der Waals surface area contributed by atoms with E-state index in [1.807, 2.05) is 25.1 Å². The Labute approximate surface area is 104 Å². The number of ether oxygens (including phenoxy) is 2. The average molecular weight is 246 g/mol. The highest BCUT2D eigenvalue weighted by Gasteiger charge is 2.16. The van der Waals surface area contributed by atoms with E-state index in [0.717, 1.165) is 28.8 Å². The minimum atomic E-state index is -0.0419.